The smallest absolute Gasteiger partial charge is 0.302 e. The van der Waals surface area contributed by atoms with Crippen molar-refractivity contribution in [1.29, 1.82) is 0 Å². The number of carbonyl (C=O) groups excluding carboxylic acids is 1. The van der Waals surface area contributed by atoms with Crippen molar-refractivity contribution in [3.05, 3.63) is 0 Å². The van der Waals surface area contributed by atoms with Crippen molar-refractivity contribution in [1.82, 2.24) is 0 Å². The van der Waals surface area contributed by atoms with Gasteiger partial charge in [-0.25, -0.2) is 0 Å². The number of hydrogen-bond donors (Lipinski definition) is 0. The third-order valence-corrected chi connectivity index (χ3v) is 9.67. The SMILES string of the molecule is CO/N=C(/C)[C@H]1/C(=N\OC)C[C@H]2[C@@H]3CC[C@@H]4C[C@@H](OC(C)=O)CC[C@]4(C)[C@H]3CC[C@]12C. The summed E-state index contributed by atoms with van der Waals surface area (Å²) in [4.78, 5) is 21.9. The Labute approximate surface area is 187 Å². The fourth-order valence-corrected chi connectivity index (χ4v) is 8.50. The van der Waals surface area contributed by atoms with Gasteiger partial charge in [0.25, 0.3) is 0 Å². The van der Waals surface area contributed by atoms with Crippen molar-refractivity contribution >= 4 is 17.4 Å². The maximum absolute atomic E-state index is 11.5. The van der Waals surface area contributed by atoms with Gasteiger partial charge in [-0.15, -0.1) is 0 Å². The molecular formula is C25H40N2O4. The van der Waals surface area contributed by atoms with E-state index in [9.17, 15) is 4.79 Å². The predicted molar refractivity (Wildman–Crippen MR) is 121 cm³/mol. The Kier molecular flexibility index (Phi) is 6.12. The topological polar surface area (TPSA) is 69.5 Å². The van der Waals surface area contributed by atoms with Crippen LogP contribution in [-0.2, 0) is 19.2 Å². The lowest BCUT2D eigenvalue weighted by Crippen LogP contribution is -2.54. The summed E-state index contributed by atoms with van der Waals surface area (Å²) in [5.74, 6) is 2.79. The van der Waals surface area contributed by atoms with Gasteiger partial charge in [0.2, 0.25) is 0 Å². The van der Waals surface area contributed by atoms with E-state index in [2.05, 4.69) is 31.1 Å². The molecule has 0 aromatic rings. The standard InChI is InChI=1S/C25H40N2O4/c1-15(26-29-5)23-22(27-30-6)14-21-19-8-7-17-13-18(31-16(2)28)9-11-24(17,3)20(19)10-12-25(21,23)4/h17-21,23H,7-14H2,1-6H3/b26-15-,27-22-/t17-,18+,19-,20+,21+,23+,24+,25+/m1/s1. The first-order valence-electron chi connectivity index (χ1n) is 12.1. The second-order valence-electron chi connectivity index (χ2n) is 11.0. The molecular weight excluding hydrogens is 392 g/mol. The second-order valence-corrected chi connectivity index (χ2v) is 11.0. The van der Waals surface area contributed by atoms with E-state index >= 15 is 0 Å². The molecule has 4 saturated carbocycles. The Morgan fingerprint density at radius 1 is 0.968 bits per heavy atom. The Morgan fingerprint density at radius 2 is 1.71 bits per heavy atom. The van der Waals surface area contributed by atoms with Crippen LogP contribution >= 0.6 is 0 Å². The van der Waals surface area contributed by atoms with Gasteiger partial charge in [-0.2, -0.15) is 0 Å². The number of rotatable bonds is 4. The molecule has 174 valence electrons. The third-order valence-electron chi connectivity index (χ3n) is 9.67. The molecule has 0 aliphatic heterocycles. The largest absolute Gasteiger partial charge is 0.463 e. The molecule has 4 fully saturated rings. The first-order valence-corrected chi connectivity index (χ1v) is 12.1. The maximum Gasteiger partial charge on any atom is 0.302 e. The summed E-state index contributed by atoms with van der Waals surface area (Å²) in [5.41, 5.74) is 2.67. The molecule has 0 aromatic heterocycles. The highest BCUT2D eigenvalue weighted by Gasteiger charge is 2.62. The molecule has 6 nitrogen and oxygen atoms in total. The fraction of sp³-hybridized carbons (Fsp3) is 0.880. The van der Waals surface area contributed by atoms with E-state index in [1.54, 1.807) is 14.2 Å². The average molecular weight is 433 g/mol. The van der Waals surface area contributed by atoms with E-state index < -0.39 is 0 Å². The number of nitrogens with zero attached hydrogens (tertiary/aromatic N) is 2. The van der Waals surface area contributed by atoms with Crippen molar-refractivity contribution < 1.29 is 19.2 Å². The summed E-state index contributed by atoms with van der Waals surface area (Å²) in [6, 6.07) is 0. The molecule has 0 spiro atoms. The number of hydrogen-bond acceptors (Lipinski definition) is 6. The lowest BCUT2D eigenvalue weighted by Gasteiger charge is -2.60. The van der Waals surface area contributed by atoms with E-state index in [1.807, 2.05) is 0 Å². The quantitative estimate of drug-likeness (QED) is 0.347. The van der Waals surface area contributed by atoms with Gasteiger partial charge >= 0.3 is 5.97 Å². The zero-order valence-corrected chi connectivity index (χ0v) is 20.1. The molecule has 0 heterocycles. The van der Waals surface area contributed by atoms with Gasteiger partial charge in [0.15, 0.2) is 0 Å². The summed E-state index contributed by atoms with van der Waals surface area (Å²) in [7, 11) is 3.27. The Morgan fingerprint density at radius 3 is 2.39 bits per heavy atom. The van der Waals surface area contributed by atoms with E-state index in [1.165, 1.54) is 39.0 Å². The van der Waals surface area contributed by atoms with Gasteiger partial charge in [0, 0.05) is 12.8 Å². The van der Waals surface area contributed by atoms with Gasteiger partial charge in [-0.3, -0.25) is 4.79 Å². The summed E-state index contributed by atoms with van der Waals surface area (Å²) < 4.78 is 5.62. The molecule has 4 aliphatic rings. The zero-order valence-electron chi connectivity index (χ0n) is 20.1. The minimum Gasteiger partial charge on any atom is -0.463 e. The normalized spacial score (nSPS) is 46.0. The van der Waals surface area contributed by atoms with Crippen LogP contribution in [0, 0.1) is 40.4 Å². The van der Waals surface area contributed by atoms with E-state index in [4.69, 9.17) is 14.4 Å². The molecule has 4 aliphatic carbocycles. The van der Waals surface area contributed by atoms with Crippen molar-refractivity contribution in [2.45, 2.75) is 85.2 Å². The van der Waals surface area contributed by atoms with Crippen molar-refractivity contribution in [2.24, 2.45) is 50.7 Å². The van der Waals surface area contributed by atoms with Crippen molar-refractivity contribution in [3.8, 4) is 0 Å². The zero-order chi connectivity index (χ0) is 22.4. The number of ether oxygens (including phenoxy) is 1. The highest BCUT2D eigenvalue weighted by Crippen LogP contribution is 2.67. The number of carbonyl (C=O) groups is 1. The number of fused-ring (bicyclic) bond motifs is 5. The Hall–Kier alpha value is -1.59. The van der Waals surface area contributed by atoms with Crippen LogP contribution in [0.5, 0.6) is 0 Å². The molecule has 0 unspecified atom stereocenters. The summed E-state index contributed by atoms with van der Waals surface area (Å²) >= 11 is 0. The highest BCUT2D eigenvalue weighted by atomic mass is 16.6. The molecule has 31 heavy (non-hydrogen) atoms. The van der Waals surface area contributed by atoms with Crippen LogP contribution in [0.3, 0.4) is 0 Å². The molecule has 0 amide bonds. The summed E-state index contributed by atoms with van der Waals surface area (Å²) in [5, 5.41) is 8.81. The first kappa shape index (κ1) is 22.6. The van der Waals surface area contributed by atoms with Crippen LogP contribution in [0.25, 0.3) is 0 Å². The van der Waals surface area contributed by atoms with Crippen LogP contribution < -0.4 is 0 Å². The van der Waals surface area contributed by atoms with Crippen LogP contribution in [0.15, 0.2) is 10.3 Å². The minimum atomic E-state index is -0.134. The van der Waals surface area contributed by atoms with Gasteiger partial charge in [0.1, 0.15) is 20.3 Å². The van der Waals surface area contributed by atoms with E-state index in [-0.39, 0.29) is 23.4 Å². The number of oxime groups is 2. The van der Waals surface area contributed by atoms with Gasteiger partial charge in [0.05, 0.1) is 11.4 Å². The molecule has 0 aromatic carbocycles. The molecule has 0 saturated heterocycles. The lowest BCUT2D eigenvalue weighted by atomic mass is 9.44. The Bertz CT molecular complexity index is 765. The lowest BCUT2D eigenvalue weighted by molar-refractivity contribution is -0.159. The summed E-state index contributed by atoms with van der Waals surface area (Å²) in [6.07, 6.45) is 9.32. The second kappa shape index (κ2) is 8.40. The van der Waals surface area contributed by atoms with Gasteiger partial charge in [-0.1, -0.05) is 24.2 Å². The fourth-order valence-electron chi connectivity index (χ4n) is 8.50. The number of esters is 1. The van der Waals surface area contributed by atoms with Crippen LogP contribution in [-0.4, -0.2) is 37.7 Å². The van der Waals surface area contributed by atoms with Crippen LogP contribution in [0.2, 0.25) is 0 Å². The minimum absolute atomic E-state index is 0.116. The van der Waals surface area contributed by atoms with E-state index in [0.29, 0.717) is 23.2 Å². The molecule has 4 rings (SSSR count). The predicted octanol–water partition coefficient (Wildman–Crippen LogP) is 5.21. The maximum atomic E-state index is 11.5. The van der Waals surface area contributed by atoms with Crippen LogP contribution in [0.4, 0.5) is 0 Å². The average Bonchev–Trinajstić information content (AvgIpc) is 3.00. The molecule has 0 N–H and O–H groups in total. The van der Waals surface area contributed by atoms with Gasteiger partial charge < -0.3 is 14.4 Å². The molecule has 0 bridgehead atoms. The van der Waals surface area contributed by atoms with Gasteiger partial charge in [-0.05, 0) is 92.8 Å². The monoisotopic (exact) mass is 432 g/mol. The molecule has 8 atom stereocenters. The Balaban J connectivity index is 1.60. The third kappa shape index (κ3) is 3.68. The van der Waals surface area contributed by atoms with Crippen molar-refractivity contribution in [2.75, 3.05) is 14.2 Å². The van der Waals surface area contributed by atoms with Crippen molar-refractivity contribution in [3.63, 3.8) is 0 Å². The van der Waals surface area contributed by atoms with E-state index in [0.717, 1.165) is 36.6 Å². The van der Waals surface area contributed by atoms with Crippen LogP contribution in [0.1, 0.15) is 79.1 Å². The molecule has 6 heteroatoms. The highest BCUT2D eigenvalue weighted by molar-refractivity contribution is 6.08. The summed E-state index contributed by atoms with van der Waals surface area (Å²) in [6.45, 7) is 8.61. The first-order chi connectivity index (χ1) is 14.7. The molecule has 0 radical (unpaired) electrons.